The number of rotatable bonds is 3. The molecule has 1 heteroatoms. The van der Waals surface area contributed by atoms with Crippen LogP contribution in [-0.2, 0) is 4.43 Å². The third-order valence-electron chi connectivity index (χ3n) is 2.84. The van der Waals surface area contributed by atoms with Crippen LogP contribution in [0.4, 0.5) is 0 Å². The van der Waals surface area contributed by atoms with Crippen molar-refractivity contribution in [1.82, 2.24) is 0 Å². The maximum Gasteiger partial charge on any atom is 0.0252 e. The maximum atomic E-state index is 2.48. The molecule has 0 unspecified atom stereocenters. The molecule has 1 aromatic rings. The van der Waals surface area contributed by atoms with Crippen molar-refractivity contribution in [3.05, 3.63) is 34.4 Å². The van der Waals surface area contributed by atoms with Gasteiger partial charge in [0.15, 0.2) is 0 Å². The fourth-order valence-electron chi connectivity index (χ4n) is 2.06. The number of benzene rings is 1. The molecular weight excluding hydrogens is 295 g/mol. The number of hydrogen-bond donors (Lipinski definition) is 0. The van der Waals surface area contributed by atoms with E-state index < -0.39 is 0 Å². The van der Waals surface area contributed by atoms with Crippen LogP contribution in [0.1, 0.15) is 61.8 Å². The van der Waals surface area contributed by atoms with Crippen LogP contribution >= 0.6 is 22.6 Å². The van der Waals surface area contributed by atoms with Gasteiger partial charge in [0.2, 0.25) is 0 Å². The van der Waals surface area contributed by atoms with Crippen molar-refractivity contribution in [2.45, 2.75) is 50.9 Å². The molecule has 0 spiro atoms. The topological polar surface area (TPSA) is 0 Å². The van der Waals surface area contributed by atoms with Gasteiger partial charge in [-0.25, -0.2) is 0 Å². The molecule has 0 N–H and O–H groups in total. The Balaban J connectivity index is 3.38. The zero-order chi connectivity index (χ0) is 11.6. The lowest BCUT2D eigenvalue weighted by Gasteiger charge is -2.19. The highest BCUT2D eigenvalue weighted by atomic mass is 127. The summed E-state index contributed by atoms with van der Waals surface area (Å²) in [6.07, 6.45) is 0. The van der Waals surface area contributed by atoms with E-state index in [4.69, 9.17) is 0 Å². The van der Waals surface area contributed by atoms with Gasteiger partial charge in [0.05, 0.1) is 0 Å². The summed E-state index contributed by atoms with van der Waals surface area (Å²) in [6.45, 7) is 11.3. The van der Waals surface area contributed by atoms with Gasteiger partial charge in [-0.1, -0.05) is 68.0 Å². The van der Waals surface area contributed by atoms with E-state index in [0.717, 1.165) is 4.43 Å². The Morgan fingerprint density at radius 2 is 1.40 bits per heavy atom. The first-order valence-corrected chi connectivity index (χ1v) is 7.19. The Hall–Kier alpha value is -0.0500. The van der Waals surface area contributed by atoms with Gasteiger partial charge < -0.3 is 0 Å². The number of alkyl halides is 1. The van der Waals surface area contributed by atoms with E-state index in [1.165, 1.54) is 16.7 Å². The van der Waals surface area contributed by atoms with Crippen LogP contribution in [0, 0.1) is 6.92 Å². The molecule has 0 bridgehead atoms. The predicted molar refractivity (Wildman–Crippen MR) is 77.1 cm³/mol. The lowest BCUT2D eigenvalue weighted by atomic mass is 9.88. The van der Waals surface area contributed by atoms with Crippen LogP contribution in [0.5, 0.6) is 0 Å². The molecule has 1 rings (SSSR count). The minimum absolute atomic E-state index is 0.632. The molecular formula is C14H21I. The standard InChI is InChI=1S/C14H21I/c1-9(2)12-6-11(5)7-13(10(3)4)14(12)8-15/h6-7,9-10H,8H2,1-5H3. The van der Waals surface area contributed by atoms with Crippen molar-refractivity contribution < 1.29 is 0 Å². The molecule has 0 heterocycles. The quantitative estimate of drug-likeness (QED) is 0.532. The van der Waals surface area contributed by atoms with Gasteiger partial charge in [-0.05, 0) is 35.4 Å². The molecule has 84 valence electrons. The molecule has 0 aliphatic rings. The van der Waals surface area contributed by atoms with Crippen molar-refractivity contribution in [3.8, 4) is 0 Å². The summed E-state index contributed by atoms with van der Waals surface area (Å²) in [4.78, 5) is 0. The maximum absolute atomic E-state index is 2.48. The third-order valence-corrected chi connectivity index (χ3v) is 3.60. The summed E-state index contributed by atoms with van der Waals surface area (Å²) in [7, 11) is 0. The van der Waals surface area contributed by atoms with Gasteiger partial charge in [0, 0.05) is 4.43 Å². The Kier molecular flexibility index (Phi) is 4.63. The molecule has 0 atom stereocenters. The Bertz CT molecular complexity index is 308. The molecule has 0 aliphatic heterocycles. The molecule has 0 aliphatic carbocycles. The first kappa shape index (κ1) is 13.0. The highest BCUT2D eigenvalue weighted by molar-refractivity contribution is 14.1. The number of hydrogen-bond acceptors (Lipinski definition) is 0. The molecule has 0 fully saturated rings. The molecule has 0 saturated heterocycles. The summed E-state index contributed by atoms with van der Waals surface area (Å²) in [6, 6.07) is 4.70. The first-order valence-electron chi connectivity index (χ1n) is 5.66. The average molecular weight is 316 g/mol. The van der Waals surface area contributed by atoms with E-state index in [-0.39, 0.29) is 0 Å². The molecule has 0 radical (unpaired) electrons. The minimum atomic E-state index is 0.632. The van der Waals surface area contributed by atoms with E-state index in [0.29, 0.717) is 11.8 Å². The molecule has 0 saturated carbocycles. The highest BCUT2D eigenvalue weighted by Gasteiger charge is 2.13. The summed E-state index contributed by atoms with van der Waals surface area (Å²) >= 11 is 2.48. The Labute approximate surface area is 108 Å². The fourth-order valence-corrected chi connectivity index (χ4v) is 2.94. The Morgan fingerprint density at radius 3 is 1.67 bits per heavy atom. The zero-order valence-corrected chi connectivity index (χ0v) is 12.6. The lowest BCUT2D eigenvalue weighted by Crippen LogP contribution is -2.02. The zero-order valence-electron chi connectivity index (χ0n) is 10.4. The van der Waals surface area contributed by atoms with E-state index in [1.807, 2.05) is 0 Å². The van der Waals surface area contributed by atoms with E-state index in [2.05, 4.69) is 69.3 Å². The average Bonchev–Trinajstić information content (AvgIpc) is 2.16. The molecule has 0 amide bonds. The monoisotopic (exact) mass is 316 g/mol. The predicted octanol–water partition coefficient (Wildman–Crippen LogP) is 5.18. The second-order valence-electron chi connectivity index (χ2n) is 4.86. The summed E-state index contributed by atoms with van der Waals surface area (Å²) in [5, 5.41) is 0. The van der Waals surface area contributed by atoms with E-state index >= 15 is 0 Å². The van der Waals surface area contributed by atoms with Gasteiger partial charge in [0.25, 0.3) is 0 Å². The molecule has 15 heavy (non-hydrogen) atoms. The first-order chi connectivity index (χ1) is 6.97. The SMILES string of the molecule is Cc1cc(C(C)C)c(CI)c(C(C)C)c1. The lowest BCUT2D eigenvalue weighted by molar-refractivity contribution is 0.813. The Morgan fingerprint density at radius 1 is 1.00 bits per heavy atom. The van der Waals surface area contributed by atoms with Gasteiger partial charge in [-0.2, -0.15) is 0 Å². The summed E-state index contributed by atoms with van der Waals surface area (Å²) in [5.74, 6) is 1.26. The van der Waals surface area contributed by atoms with Crippen LogP contribution in [0.2, 0.25) is 0 Å². The van der Waals surface area contributed by atoms with Crippen LogP contribution in [0.15, 0.2) is 12.1 Å². The second kappa shape index (κ2) is 5.33. The summed E-state index contributed by atoms with van der Waals surface area (Å²) in [5.41, 5.74) is 6.03. The molecule has 0 aromatic heterocycles. The van der Waals surface area contributed by atoms with Crippen molar-refractivity contribution in [2.75, 3.05) is 0 Å². The smallest absolute Gasteiger partial charge is 0.0252 e. The molecule has 1 aromatic carbocycles. The number of halogens is 1. The van der Waals surface area contributed by atoms with Gasteiger partial charge in [-0.3, -0.25) is 0 Å². The van der Waals surface area contributed by atoms with Crippen molar-refractivity contribution in [3.63, 3.8) is 0 Å². The van der Waals surface area contributed by atoms with Crippen molar-refractivity contribution >= 4 is 22.6 Å². The minimum Gasteiger partial charge on any atom is -0.0812 e. The fraction of sp³-hybridized carbons (Fsp3) is 0.571. The normalized spacial score (nSPS) is 11.5. The van der Waals surface area contributed by atoms with Crippen LogP contribution in [-0.4, -0.2) is 0 Å². The van der Waals surface area contributed by atoms with Crippen molar-refractivity contribution in [2.24, 2.45) is 0 Å². The van der Waals surface area contributed by atoms with Gasteiger partial charge in [-0.15, -0.1) is 0 Å². The van der Waals surface area contributed by atoms with Crippen molar-refractivity contribution in [1.29, 1.82) is 0 Å². The summed E-state index contributed by atoms with van der Waals surface area (Å²) < 4.78 is 1.12. The van der Waals surface area contributed by atoms with Gasteiger partial charge in [0.1, 0.15) is 0 Å². The van der Waals surface area contributed by atoms with E-state index in [1.54, 1.807) is 5.56 Å². The van der Waals surface area contributed by atoms with Gasteiger partial charge >= 0.3 is 0 Å². The second-order valence-corrected chi connectivity index (χ2v) is 5.63. The van der Waals surface area contributed by atoms with Crippen LogP contribution in [0.3, 0.4) is 0 Å². The highest BCUT2D eigenvalue weighted by Crippen LogP contribution is 2.30. The molecule has 0 nitrogen and oxygen atoms in total. The van der Waals surface area contributed by atoms with Crippen LogP contribution in [0.25, 0.3) is 0 Å². The van der Waals surface area contributed by atoms with E-state index in [9.17, 15) is 0 Å². The largest absolute Gasteiger partial charge is 0.0812 e. The third kappa shape index (κ3) is 2.96. The number of aryl methyl sites for hydroxylation is 1. The van der Waals surface area contributed by atoms with Crippen LogP contribution < -0.4 is 0 Å².